The SMILES string of the molecule is O=C(NCC1(O)CCCCCC1)c1ccc(Br)cc1Br. The van der Waals surface area contributed by atoms with Crippen LogP contribution < -0.4 is 5.32 Å². The van der Waals surface area contributed by atoms with Crippen LogP contribution in [0, 0.1) is 0 Å². The minimum Gasteiger partial charge on any atom is -0.388 e. The zero-order chi connectivity index (χ0) is 14.6. The Morgan fingerprint density at radius 1 is 1.20 bits per heavy atom. The van der Waals surface area contributed by atoms with Gasteiger partial charge in [-0.15, -0.1) is 0 Å². The first-order chi connectivity index (χ1) is 9.50. The fourth-order valence-electron chi connectivity index (χ4n) is 2.58. The van der Waals surface area contributed by atoms with E-state index in [9.17, 15) is 9.90 Å². The second kappa shape index (κ2) is 7.05. The number of aliphatic hydroxyl groups is 1. The van der Waals surface area contributed by atoms with E-state index in [1.165, 1.54) is 12.8 Å². The van der Waals surface area contributed by atoms with E-state index < -0.39 is 5.60 Å². The van der Waals surface area contributed by atoms with Gasteiger partial charge in [-0.2, -0.15) is 0 Å². The Morgan fingerprint density at radius 3 is 2.45 bits per heavy atom. The molecule has 1 aromatic rings. The lowest BCUT2D eigenvalue weighted by molar-refractivity contribution is 0.0246. The third-order valence-electron chi connectivity index (χ3n) is 3.79. The number of carbonyl (C=O) groups excluding carboxylic acids is 1. The molecule has 0 aromatic heterocycles. The molecule has 0 unspecified atom stereocenters. The average molecular weight is 405 g/mol. The molecule has 1 saturated carbocycles. The summed E-state index contributed by atoms with van der Waals surface area (Å²) in [4.78, 5) is 12.2. The lowest BCUT2D eigenvalue weighted by Gasteiger charge is -2.26. The van der Waals surface area contributed by atoms with E-state index in [0.29, 0.717) is 12.1 Å². The average Bonchev–Trinajstić information content (AvgIpc) is 2.61. The van der Waals surface area contributed by atoms with Crippen molar-refractivity contribution in [3.63, 3.8) is 0 Å². The lowest BCUT2D eigenvalue weighted by Crippen LogP contribution is -2.42. The van der Waals surface area contributed by atoms with Crippen LogP contribution in [-0.2, 0) is 0 Å². The number of hydrogen-bond acceptors (Lipinski definition) is 2. The molecule has 1 fully saturated rings. The summed E-state index contributed by atoms with van der Waals surface area (Å²) >= 11 is 6.75. The van der Waals surface area contributed by atoms with Crippen molar-refractivity contribution in [2.24, 2.45) is 0 Å². The summed E-state index contributed by atoms with van der Waals surface area (Å²) in [5.41, 5.74) is -0.154. The van der Waals surface area contributed by atoms with Gasteiger partial charge in [0.15, 0.2) is 0 Å². The van der Waals surface area contributed by atoms with E-state index in [1.807, 2.05) is 12.1 Å². The summed E-state index contributed by atoms with van der Waals surface area (Å²) < 4.78 is 1.67. The highest BCUT2D eigenvalue weighted by molar-refractivity contribution is 9.11. The summed E-state index contributed by atoms with van der Waals surface area (Å²) in [6.07, 6.45) is 5.97. The summed E-state index contributed by atoms with van der Waals surface area (Å²) in [6.45, 7) is 0.328. The maximum atomic E-state index is 12.2. The van der Waals surface area contributed by atoms with Crippen molar-refractivity contribution in [3.8, 4) is 0 Å². The third kappa shape index (κ3) is 4.30. The van der Waals surface area contributed by atoms with Gasteiger partial charge in [-0.1, -0.05) is 41.6 Å². The van der Waals surface area contributed by atoms with E-state index in [1.54, 1.807) is 6.07 Å². The first-order valence-corrected chi connectivity index (χ1v) is 8.54. The van der Waals surface area contributed by atoms with Gasteiger partial charge >= 0.3 is 0 Å². The Morgan fingerprint density at radius 2 is 1.85 bits per heavy atom. The Balaban J connectivity index is 1.97. The molecule has 2 N–H and O–H groups in total. The highest BCUT2D eigenvalue weighted by Gasteiger charge is 2.28. The van der Waals surface area contributed by atoms with Crippen LogP contribution >= 0.6 is 31.9 Å². The van der Waals surface area contributed by atoms with E-state index >= 15 is 0 Å². The summed E-state index contributed by atoms with van der Waals surface area (Å²) in [7, 11) is 0. The van der Waals surface area contributed by atoms with E-state index in [2.05, 4.69) is 37.2 Å². The van der Waals surface area contributed by atoms with Crippen molar-refractivity contribution in [2.75, 3.05) is 6.54 Å². The van der Waals surface area contributed by atoms with Gasteiger partial charge in [0.25, 0.3) is 5.91 Å². The number of amides is 1. The van der Waals surface area contributed by atoms with Crippen molar-refractivity contribution in [3.05, 3.63) is 32.7 Å². The van der Waals surface area contributed by atoms with Crippen LogP contribution in [-0.4, -0.2) is 23.2 Å². The lowest BCUT2D eigenvalue weighted by atomic mass is 9.94. The number of hydrogen-bond donors (Lipinski definition) is 2. The molecule has 2 rings (SSSR count). The molecule has 1 aromatic carbocycles. The molecular weight excluding hydrogens is 386 g/mol. The van der Waals surface area contributed by atoms with Crippen molar-refractivity contribution in [1.82, 2.24) is 5.32 Å². The topological polar surface area (TPSA) is 49.3 Å². The quantitative estimate of drug-likeness (QED) is 0.747. The molecule has 20 heavy (non-hydrogen) atoms. The summed E-state index contributed by atoms with van der Waals surface area (Å²) in [5.74, 6) is -0.151. The van der Waals surface area contributed by atoms with Crippen molar-refractivity contribution in [1.29, 1.82) is 0 Å². The van der Waals surface area contributed by atoms with Gasteiger partial charge in [-0.05, 0) is 47.0 Å². The van der Waals surface area contributed by atoms with Crippen molar-refractivity contribution in [2.45, 2.75) is 44.1 Å². The largest absolute Gasteiger partial charge is 0.388 e. The summed E-state index contributed by atoms with van der Waals surface area (Å²) in [6, 6.07) is 5.44. The van der Waals surface area contributed by atoms with Crippen molar-refractivity contribution >= 4 is 37.8 Å². The first kappa shape index (κ1) is 16.0. The molecule has 0 saturated heterocycles. The number of nitrogens with one attached hydrogen (secondary N) is 1. The molecular formula is C15H19Br2NO2. The molecule has 110 valence electrons. The second-order valence-electron chi connectivity index (χ2n) is 5.45. The van der Waals surface area contributed by atoms with Crippen LogP contribution in [0.5, 0.6) is 0 Å². The monoisotopic (exact) mass is 403 g/mol. The zero-order valence-corrected chi connectivity index (χ0v) is 14.5. The molecule has 0 bridgehead atoms. The fourth-order valence-corrected chi connectivity index (χ4v) is 3.80. The molecule has 0 radical (unpaired) electrons. The number of carbonyl (C=O) groups is 1. The van der Waals surface area contributed by atoms with Crippen LogP contribution in [0.2, 0.25) is 0 Å². The van der Waals surface area contributed by atoms with E-state index in [4.69, 9.17) is 0 Å². The normalized spacial score (nSPS) is 18.4. The maximum Gasteiger partial charge on any atom is 0.252 e. The Kier molecular flexibility index (Phi) is 5.64. The minimum atomic E-state index is -0.742. The smallest absolute Gasteiger partial charge is 0.252 e. The van der Waals surface area contributed by atoms with Crippen LogP contribution in [0.1, 0.15) is 48.9 Å². The van der Waals surface area contributed by atoms with Gasteiger partial charge in [0, 0.05) is 15.5 Å². The molecule has 3 nitrogen and oxygen atoms in total. The predicted molar refractivity (Wildman–Crippen MR) is 86.8 cm³/mol. The number of benzene rings is 1. The molecule has 5 heteroatoms. The van der Waals surface area contributed by atoms with Gasteiger partial charge in [-0.3, -0.25) is 4.79 Å². The van der Waals surface area contributed by atoms with Crippen molar-refractivity contribution < 1.29 is 9.90 Å². The molecule has 1 amide bonds. The number of halogens is 2. The van der Waals surface area contributed by atoms with Crippen LogP contribution in [0.15, 0.2) is 27.1 Å². The van der Waals surface area contributed by atoms with E-state index in [-0.39, 0.29) is 5.91 Å². The van der Waals surface area contributed by atoms with Gasteiger partial charge in [0.05, 0.1) is 11.2 Å². The molecule has 0 heterocycles. The predicted octanol–water partition coefficient (Wildman–Crippen LogP) is 4.03. The van der Waals surface area contributed by atoms with Gasteiger partial charge in [0.1, 0.15) is 0 Å². The molecule has 0 spiro atoms. The Bertz CT molecular complexity index is 483. The highest BCUT2D eigenvalue weighted by Crippen LogP contribution is 2.27. The van der Waals surface area contributed by atoms with Gasteiger partial charge in [-0.25, -0.2) is 0 Å². The van der Waals surface area contributed by atoms with Crippen LogP contribution in [0.3, 0.4) is 0 Å². The van der Waals surface area contributed by atoms with Gasteiger partial charge < -0.3 is 10.4 Å². The molecule has 1 aliphatic carbocycles. The highest BCUT2D eigenvalue weighted by atomic mass is 79.9. The number of rotatable bonds is 3. The molecule has 1 aliphatic rings. The second-order valence-corrected chi connectivity index (χ2v) is 7.22. The Labute approximate surface area is 136 Å². The van der Waals surface area contributed by atoms with Gasteiger partial charge in [0.2, 0.25) is 0 Å². The Hall–Kier alpha value is -0.390. The minimum absolute atomic E-state index is 0.151. The fraction of sp³-hybridized carbons (Fsp3) is 0.533. The third-order valence-corrected chi connectivity index (χ3v) is 4.94. The first-order valence-electron chi connectivity index (χ1n) is 6.96. The van der Waals surface area contributed by atoms with Crippen LogP contribution in [0.4, 0.5) is 0 Å². The summed E-state index contributed by atoms with van der Waals surface area (Å²) in [5, 5.41) is 13.4. The van der Waals surface area contributed by atoms with E-state index in [0.717, 1.165) is 34.6 Å². The maximum absolute atomic E-state index is 12.2. The standard InChI is InChI=1S/C15H19Br2NO2/c16-11-5-6-12(13(17)9-11)14(19)18-10-15(20)7-3-1-2-4-8-15/h5-6,9,20H,1-4,7-8,10H2,(H,18,19). The molecule has 0 aliphatic heterocycles. The van der Waals surface area contributed by atoms with Crippen LogP contribution in [0.25, 0.3) is 0 Å². The zero-order valence-electron chi connectivity index (χ0n) is 11.3. The molecule has 0 atom stereocenters.